The highest BCUT2D eigenvalue weighted by Crippen LogP contribution is 2.36. The minimum atomic E-state index is -5.60. The first-order valence-electron chi connectivity index (χ1n) is 33.9. The van der Waals surface area contributed by atoms with E-state index < -0.39 is 247 Å². The van der Waals surface area contributed by atoms with Gasteiger partial charge < -0.3 is 126 Å². The number of rotatable bonds is 51. The molecule has 1 heterocycles. The second-order valence-electron chi connectivity index (χ2n) is 26.0. The Labute approximate surface area is 619 Å². The number of benzene rings is 1. The predicted octanol–water partition coefficient (Wildman–Crippen LogP) is -6.87. The highest BCUT2D eigenvalue weighted by Gasteiger charge is 2.40. The molecule has 0 aliphatic heterocycles. The molecular weight excluding hydrogens is 1480 g/mol. The van der Waals surface area contributed by atoms with Crippen LogP contribution in [0.1, 0.15) is 124 Å². The van der Waals surface area contributed by atoms with Gasteiger partial charge in [-0.2, -0.15) is 0 Å². The third-order valence-electron chi connectivity index (χ3n) is 16.1. The number of phenols is 1. The molecule has 0 saturated heterocycles. The van der Waals surface area contributed by atoms with Crippen LogP contribution in [0.15, 0.2) is 36.8 Å². The van der Waals surface area contributed by atoms with E-state index >= 15 is 0 Å². The van der Waals surface area contributed by atoms with Gasteiger partial charge in [0.05, 0.1) is 38.1 Å². The van der Waals surface area contributed by atoms with Crippen LogP contribution >= 0.6 is 15.6 Å². The summed E-state index contributed by atoms with van der Waals surface area (Å²) in [7, 11) is -11.1. The van der Waals surface area contributed by atoms with E-state index in [4.69, 9.17) is 22.9 Å². The summed E-state index contributed by atoms with van der Waals surface area (Å²) in [6.45, 7) is 7.90. The van der Waals surface area contributed by atoms with Crippen LogP contribution in [0.25, 0.3) is 0 Å². The average molecular weight is 1580 g/mol. The first-order chi connectivity index (χ1) is 50.3. The first kappa shape index (κ1) is 94.5. The number of nitrogens with one attached hydrogen (secondary N) is 12. The van der Waals surface area contributed by atoms with Gasteiger partial charge in [0.15, 0.2) is 0 Å². The molecule has 108 heavy (non-hydrogen) atoms. The molecule has 2 aromatic rings. The number of aromatic hydroxyl groups is 1. The minimum Gasteiger partial charge on any atom is -0.508 e. The van der Waals surface area contributed by atoms with Crippen molar-refractivity contribution in [2.24, 2.45) is 40.7 Å². The molecule has 606 valence electrons. The summed E-state index contributed by atoms with van der Waals surface area (Å²) < 4.78 is 32.8. The Hall–Kier alpha value is -9.62. The molecule has 0 radical (unpaired) electrons. The summed E-state index contributed by atoms with van der Waals surface area (Å²) in [5.74, 6) is -21.3. The number of nitrogens with two attached hydrogens (primary N) is 4. The number of aliphatic carboxylic acids is 2. The monoisotopic (exact) mass is 1580 g/mol. The molecule has 46 heteroatoms. The van der Waals surface area contributed by atoms with Crippen molar-refractivity contribution in [3.63, 3.8) is 0 Å². The van der Waals surface area contributed by atoms with Gasteiger partial charge in [-0.25, -0.2) is 18.9 Å². The number of primary amides is 2. The molecule has 0 fully saturated rings. The Morgan fingerprint density at radius 2 is 0.944 bits per heavy atom. The molecule has 14 atom stereocenters. The highest BCUT2D eigenvalue weighted by molar-refractivity contribution is 7.46. The van der Waals surface area contributed by atoms with Gasteiger partial charge >= 0.3 is 27.6 Å². The van der Waals surface area contributed by atoms with E-state index in [0.717, 1.165) is 0 Å². The lowest BCUT2D eigenvalue weighted by Crippen LogP contribution is -2.62. The van der Waals surface area contributed by atoms with Crippen molar-refractivity contribution < 1.29 is 130 Å². The largest absolute Gasteiger partial charge is 0.508 e. The number of aliphatic hydroxyl groups excluding tert-OH is 1. The van der Waals surface area contributed by atoms with E-state index in [1.54, 1.807) is 27.7 Å². The van der Waals surface area contributed by atoms with E-state index in [1.807, 2.05) is 10.6 Å². The Morgan fingerprint density at radius 3 is 1.41 bits per heavy atom. The zero-order chi connectivity index (χ0) is 82.1. The van der Waals surface area contributed by atoms with Gasteiger partial charge in [-0.05, 0) is 87.4 Å². The van der Waals surface area contributed by atoms with Gasteiger partial charge in [-0.3, -0.25) is 76.2 Å². The fourth-order valence-electron chi connectivity index (χ4n) is 9.91. The number of carboxylic acids is 2. The molecule has 0 spiro atoms. The summed E-state index contributed by atoms with van der Waals surface area (Å²) in [5.41, 5.74) is 23.0. The molecule has 1 aromatic carbocycles. The summed E-state index contributed by atoms with van der Waals surface area (Å²) in [5, 5.41) is 64.9. The van der Waals surface area contributed by atoms with Crippen molar-refractivity contribution >= 4 is 104 Å². The first-order valence-corrected chi connectivity index (χ1v) is 37.0. The van der Waals surface area contributed by atoms with Crippen LogP contribution in [0, 0.1) is 17.8 Å². The number of carbonyl (C=O) groups excluding carboxylic acids is 13. The van der Waals surface area contributed by atoms with Crippen molar-refractivity contribution in [1.82, 2.24) is 68.5 Å². The fraction of sp³-hybridized carbons (Fsp3) is 0.613. The van der Waals surface area contributed by atoms with Crippen molar-refractivity contribution in [3.8, 4) is 5.75 Å². The number of imidazole rings is 1. The number of phosphoric ester groups is 2. The number of H-pyrrole nitrogens is 1. The van der Waals surface area contributed by atoms with Crippen molar-refractivity contribution in [2.75, 3.05) is 19.8 Å². The molecule has 13 amide bonds. The molecular formula is C62H101N17O27P2. The maximum atomic E-state index is 14.5. The third-order valence-corrected chi connectivity index (χ3v) is 17.1. The maximum Gasteiger partial charge on any atom is 0.469 e. The smallest absolute Gasteiger partial charge is 0.469 e. The topological polar surface area (TPSA) is 736 Å². The summed E-state index contributed by atoms with van der Waals surface area (Å²) in [6, 6.07) is -16.9. The van der Waals surface area contributed by atoms with Gasteiger partial charge in [-0.1, -0.05) is 60.1 Å². The van der Waals surface area contributed by atoms with Crippen molar-refractivity contribution in [3.05, 3.63) is 48.0 Å². The Kier molecular flexibility index (Phi) is 40.1. The number of carboxylic acid groups (broad SMARTS) is 2. The number of phenolic OH excluding ortho intramolecular Hbond substituents is 1. The number of carbonyl (C=O) groups is 15. The van der Waals surface area contributed by atoms with E-state index in [9.17, 15) is 121 Å². The lowest BCUT2D eigenvalue weighted by molar-refractivity contribution is -0.142. The van der Waals surface area contributed by atoms with Gasteiger partial charge in [-0.15, -0.1) is 0 Å². The van der Waals surface area contributed by atoms with Gasteiger partial charge in [0, 0.05) is 37.6 Å². The van der Waals surface area contributed by atoms with E-state index in [1.165, 1.54) is 57.6 Å². The SMILES string of the molecule is CC[C@H](C)[C@H](NC(=O)[C@H](CCC(=O)O)NC(=O)[C@H](CC(N)=O)NC(=O)[C@H](CC(C)C)NC(=O)[C@H](Cc1cnc[nH]1)NC(=O)[C@H](CCCCN)NC(=O)[C@@H](NC(=O)[C@@H](N)C(C)C)[C@@H](C)O)C(=O)N[C@@H](COP(=O)(O)O)C(=O)N[C@@H](CCC(N)=O)C(=O)N[C@@H](COP(=O)(O)O)C(=O)N[C@@H](Cc1ccc(O)cc1)C(=O)O. The quantitative estimate of drug-likeness (QED) is 0.0216. The highest BCUT2D eigenvalue weighted by atomic mass is 31.2. The predicted molar refractivity (Wildman–Crippen MR) is 374 cm³/mol. The molecule has 0 unspecified atom stereocenters. The maximum absolute atomic E-state index is 14.5. The van der Waals surface area contributed by atoms with Gasteiger partial charge in [0.1, 0.15) is 72.2 Å². The Morgan fingerprint density at radius 1 is 0.519 bits per heavy atom. The number of amides is 13. The van der Waals surface area contributed by atoms with Gasteiger partial charge in [0.2, 0.25) is 76.8 Å². The molecule has 0 saturated carbocycles. The van der Waals surface area contributed by atoms with Crippen LogP contribution < -0.4 is 81.4 Å². The van der Waals surface area contributed by atoms with Crippen LogP contribution in [0.2, 0.25) is 0 Å². The lowest BCUT2D eigenvalue weighted by Gasteiger charge is -2.30. The van der Waals surface area contributed by atoms with Crippen LogP contribution in [0.4, 0.5) is 0 Å². The van der Waals surface area contributed by atoms with Gasteiger partial charge in [0.25, 0.3) is 0 Å². The molecule has 0 aliphatic carbocycles. The molecule has 0 bridgehead atoms. The van der Waals surface area contributed by atoms with E-state index in [-0.39, 0.29) is 61.6 Å². The Balaban J connectivity index is 2.60. The molecule has 0 aliphatic rings. The number of aliphatic hydroxyl groups is 1. The number of aromatic amines is 1. The number of aromatic nitrogens is 2. The zero-order valence-corrected chi connectivity index (χ0v) is 62.1. The average Bonchev–Trinajstić information content (AvgIpc) is 1.04. The fourth-order valence-corrected chi connectivity index (χ4v) is 10.6. The lowest BCUT2D eigenvalue weighted by atomic mass is 9.97. The molecule has 44 nitrogen and oxygen atoms in total. The molecule has 28 N–H and O–H groups in total. The second kappa shape index (κ2) is 45.9. The van der Waals surface area contributed by atoms with E-state index in [0.29, 0.717) is 6.42 Å². The third kappa shape index (κ3) is 35.9. The normalized spacial score (nSPS) is 15.5. The van der Waals surface area contributed by atoms with Crippen molar-refractivity contribution in [2.45, 2.75) is 204 Å². The number of phosphoric acid groups is 2. The van der Waals surface area contributed by atoms with Crippen LogP contribution in [0.3, 0.4) is 0 Å². The molecule has 1 aromatic heterocycles. The summed E-state index contributed by atoms with van der Waals surface area (Å²) in [4.78, 5) is 249. The van der Waals surface area contributed by atoms with Crippen LogP contribution in [-0.4, -0.2) is 237 Å². The van der Waals surface area contributed by atoms with Crippen LogP contribution in [-0.2, 0) is 103 Å². The second-order valence-corrected chi connectivity index (χ2v) is 28.5. The number of hydrogen-bond acceptors (Lipinski definition) is 24. The zero-order valence-electron chi connectivity index (χ0n) is 60.3. The minimum absolute atomic E-state index is 0.0342. The van der Waals surface area contributed by atoms with E-state index in [2.05, 4.69) is 66.9 Å². The standard InChI is InChI=1S/C62H101N17O27P2/c1-8-31(6)49(60(95)77-44(27-106-108(102,103)104)57(92)70-37(16-18-45(64)82)52(87)76-43(26-105-107(99,100)101)58(93)75-42(62(97)98)22-33-12-14-35(81)15-13-33)78-53(88)38(17-19-47(84)85)69-56(91)41(24-46(65)83)74-54(89)39(21-29(2)3)72-55(90)40(23-34-25-67-28-68-34)73-51(86)36(11-9-10-20-63)71-61(96)50(32(7)80)79-59(94)48(66)30(4)5/h12-15,25,28-32,36-44,48-50,80-81H,8-11,16-24,26-27,63,66H2,1-7H3,(H2,64,82)(H2,65,83)(H,67,68)(H,69,91)(H,70,92)(H,71,96)(H,72,90)(H,73,86)(H,74,89)(H,75,93)(H,76,87)(H,77,95)(H,78,88)(H,79,94)(H,84,85)(H,97,98)(H2,99,100,101)(H2,102,103,104)/t31-,32+,36-,37-,38-,39-,40-,41-,42-,43-,44-,48-,49-,50-/m0/s1. The van der Waals surface area contributed by atoms with Crippen LogP contribution in [0.5, 0.6) is 5.75 Å². The number of unbranched alkanes of at least 4 members (excludes halogenated alkanes) is 1. The summed E-state index contributed by atoms with van der Waals surface area (Å²) in [6.07, 6.45) is -3.81. The number of nitrogens with zero attached hydrogens (tertiary/aromatic N) is 1. The van der Waals surface area contributed by atoms with Crippen molar-refractivity contribution in [1.29, 1.82) is 0 Å². The Bertz CT molecular complexity index is 3510. The molecule has 2 rings (SSSR count). The summed E-state index contributed by atoms with van der Waals surface area (Å²) >= 11 is 0. The number of hydrogen-bond donors (Lipinski definition) is 24.